The minimum absolute atomic E-state index is 0. The molecule has 1 amide bonds. The van der Waals surface area contributed by atoms with Gasteiger partial charge >= 0.3 is 0 Å². The summed E-state index contributed by atoms with van der Waals surface area (Å²) in [4.78, 5) is 11.7. The van der Waals surface area contributed by atoms with Gasteiger partial charge in [-0.1, -0.05) is 25.7 Å². The SMILES string of the molecule is CNCCCNC(=O)CC1CCCCCC1.Cl. The maximum atomic E-state index is 11.7. The highest BCUT2D eigenvalue weighted by Gasteiger charge is 2.15. The molecule has 0 heterocycles. The number of rotatable bonds is 6. The molecule has 0 saturated heterocycles. The Kier molecular flexibility index (Phi) is 10.7. The van der Waals surface area contributed by atoms with E-state index in [0.717, 1.165) is 25.9 Å². The highest BCUT2D eigenvalue weighted by atomic mass is 35.5. The van der Waals surface area contributed by atoms with Gasteiger partial charge in [0, 0.05) is 13.0 Å². The van der Waals surface area contributed by atoms with Crippen LogP contribution >= 0.6 is 12.4 Å². The molecular weight excluding hydrogens is 236 g/mol. The molecule has 17 heavy (non-hydrogen) atoms. The number of carbonyl (C=O) groups is 1. The van der Waals surface area contributed by atoms with Crippen LogP contribution in [0.25, 0.3) is 0 Å². The van der Waals surface area contributed by atoms with Gasteiger partial charge in [0.1, 0.15) is 0 Å². The second-order valence-corrected chi connectivity index (χ2v) is 4.87. The molecule has 0 bridgehead atoms. The topological polar surface area (TPSA) is 41.1 Å². The van der Waals surface area contributed by atoms with Crippen molar-refractivity contribution in [3.05, 3.63) is 0 Å². The average Bonchev–Trinajstić information content (AvgIpc) is 2.53. The van der Waals surface area contributed by atoms with Crippen molar-refractivity contribution in [2.45, 2.75) is 51.4 Å². The van der Waals surface area contributed by atoms with Gasteiger partial charge in [0.25, 0.3) is 0 Å². The van der Waals surface area contributed by atoms with Crippen LogP contribution in [0, 0.1) is 5.92 Å². The maximum Gasteiger partial charge on any atom is 0.220 e. The van der Waals surface area contributed by atoms with Crippen LogP contribution in [0.5, 0.6) is 0 Å². The third kappa shape index (κ3) is 8.44. The first kappa shape index (κ1) is 16.7. The first-order chi connectivity index (χ1) is 7.83. The van der Waals surface area contributed by atoms with Crippen molar-refractivity contribution in [2.24, 2.45) is 5.92 Å². The van der Waals surface area contributed by atoms with E-state index in [-0.39, 0.29) is 18.3 Å². The molecule has 1 aliphatic carbocycles. The van der Waals surface area contributed by atoms with Crippen LogP contribution in [0.2, 0.25) is 0 Å². The Morgan fingerprint density at radius 3 is 2.35 bits per heavy atom. The quantitative estimate of drug-likeness (QED) is 0.570. The number of halogens is 1. The Hall–Kier alpha value is -0.280. The molecule has 1 saturated carbocycles. The second kappa shape index (κ2) is 10.8. The lowest BCUT2D eigenvalue weighted by molar-refractivity contribution is -0.122. The summed E-state index contributed by atoms with van der Waals surface area (Å²) in [5, 5.41) is 6.09. The van der Waals surface area contributed by atoms with E-state index in [0.29, 0.717) is 5.92 Å². The number of nitrogens with one attached hydrogen (secondary N) is 2. The summed E-state index contributed by atoms with van der Waals surface area (Å²) in [7, 11) is 1.94. The summed E-state index contributed by atoms with van der Waals surface area (Å²) in [6, 6.07) is 0. The van der Waals surface area contributed by atoms with Crippen LogP contribution < -0.4 is 10.6 Å². The van der Waals surface area contributed by atoms with E-state index in [9.17, 15) is 4.79 Å². The fourth-order valence-corrected chi connectivity index (χ4v) is 2.40. The largest absolute Gasteiger partial charge is 0.356 e. The first-order valence-electron chi connectivity index (χ1n) is 6.74. The molecule has 0 radical (unpaired) electrons. The standard InChI is InChI=1S/C13H26N2O.ClH/c1-14-9-6-10-15-13(16)11-12-7-4-2-3-5-8-12;/h12,14H,2-11H2,1H3,(H,15,16);1H. The van der Waals surface area contributed by atoms with Crippen LogP contribution in [0.1, 0.15) is 51.4 Å². The van der Waals surface area contributed by atoms with Crippen molar-refractivity contribution in [2.75, 3.05) is 20.1 Å². The number of hydrogen-bond donors (Lipinski definition) is 2. The van der Waals surface area contributed by atoms with Gasteiger partial charge in [-0.15, -0.1) is 12.4 Å². The molecule has 1 aliphatic rings. The molecule has 3 nitrogen and oxygen atoms in total. The third-order valence-corrected chi connectivity index (χ3v) is 3.37. The van der Waals surface area contributed by atoms with E-state index < -0.39 is 0 Å². The highest BCUT2D eigenvalue weighted by molar-refractivity contribution is 5.85. The average molecular weight is 263 g/mol. The lowest BCUT2D eigenvalue weighted by Crippen LogP contribution is -2.28. The molecule has 4 heteroatoms. The minimum Gasteiger partial charge on any atom is -0.356 e. The van der Waals surface area contributed by atoms with E-state index >= 15 is 0 Å². The fraction of sp³-hybridized carbons (Fsp3) is 0.923. The number of carbonyl (C=O) groups excluding carboxylic acids is 1. The molecule has 2 N–H and O–H groups in total. The summed E-state index contributed by atoms with van der Waals surface area (Å²) in [6.07, 6.45) is 9.64. The Balaban J connectivity index is 0.00000256. The summed E-state index contributed by atoms with van der Waals surface area (Å²) >= 11 is 0. The molecule has 0 spiro atoms. The molecule has 1 rings (SSSR count). The van der Waals surface area contributed by atoms with Crippen molar-refractivity contribution in [1.82, 2.24) is 10.6 Å². The van der Waals surface area contributed by atoms with Gasteiger partial charge < -0.3 is 10.6 Å². The Labute approximate surface area is 112 Å². The highest BCUT2D eigenvalue weighted by Crippen LogP contribution is 2.25. The lowest BCUT2D eigenvalue weighted by atomic mass is 9.96. The molecule has 0 aromatic carbocycles. The second-order valence-electron chi connectivity index (χ2n) is 4.87. The summed E-state index contributed by atoms with van der Waals surface area (Å²) in [6.45, 7) is 1.79. The van der Waals surface area contributed by atoms with Crippen molar-refractivity contribution < 1.29 is 4.79 Å². The fourth-order valence-electron chi connectivity index (χ4n) is 2.40. The Morgan fingerprint density at radius 2 is 1.76 bits per heavy atom. The Morgan fingerprint density at radius 1 is 1.12 bits per heavy atom. The molecule has 102 valence electrons. The van der Waals surface area contributed by atoms with Crippen molar-refractivity contribution in [3.63, 3.8) is 0 Å². The van der Waals surface area contributed by atoms with E-state index in [1.165, 1.54) is 38.5 Å². The van der Waals surface area contributed by atoms with Gasteiger partial charge in [-0.05, 0) is 38.8 Å². The van der Waals surface area contributed by atoms with Crippen molar-refractivity contribution in [3.8, 4) is 0 Å². The minimum atomic E-state index is 0. The number of hydrogen-bond acceptors (Lipinski definition) is 2. The van der Waals surface area contributed by atoms with Gasteiger partial charge in [0.05, 0.1) is 0 Å². The molecule has 0 unspecified atom stereocenters. The van der Waals surface area contributed by atoms with Gasteiger partial charge in [-0.25, -0.2) is 0 Å². The van der Waals surface area contributed by atoms with Crippen LogP contribution in [0.4, 0.5) is 0 Å². The molecular formula is C13H27ClN2O. The monoisotopic (exact) mass is 262 g/mol. The predicted octanol–water partition coefficient (Wildman–Crippen LogP) is 2.49. The summed E-state index contributed by atoms with van der Waals surface area (Å²) in [5.41, 5.74) is 0. The zero-order valence-electron chi connectivity index (χ0n) is 11.0. The molecule has 0 aliphatic heterocycles. The zero-order chi connectivity index (χ0) is 11.6. The van der Waals surface area contributed by atoms with Crippen LogP contribution in [0.15, 0.2) is 0 Å². The van der Waals surface area contributed by atoms with Crippen molar-refractivity contribution >= 4 is 18.3 Å². The lowest BCUT2D eigenvalue weighted by Gasteiger charge is -2.13. The molecule has 0 atom stereocenters. The van der Waals surface area contributed by atoms with Crippen LogP contribution in [-0.2, 0) is 4.79 Å². The van der Waals surface area contributed by atoms with E-state index in [2.05, 4.69) is 10.6 Å². The summed E-state index contributed by atoms with van der Waals surface area (Å²) in [5.74, 6) is 0.898. The van der Waals surface area contributed by atoms with E-state index in [1.807, 2.05) is 7.05 Å². The van der Waals surface area contributed by atoms with Crippen molar-refractivity contribution in [1.29, 1.82) is 0 Å². The predicted molar refractivity (Wildman–Crippen MR) is 74.6 cm³/mol. The van der Waals surface area contributed by atoms with E-state index in [1.54, 1.807) is 0 Å². The normalized spacial score (nSPS) is 17.0. The first-order valence-corrected chi connectivity index (χ1v) is 6.74. The maximum absolute atomic E-state index is 11.7. The molecule has 1 fully saturated rings. The van der Waals surface area contributed by atoms with Gasteiger partial charge in [-0.3, -0.25) is 4.79 Å². The van der Waals surface area contributed by atoms with Gasteiger partial charge in [0.2, 0.25) is 5.91 Å². The van der Waals surface area contributed by atoms with Gasteiger partial charge in [0.15, 0.2) is 0 Å². The van der Waals surface area contributed by atoms with E-state index in [4.69, 9.17) is 0 Å². The summed E-state index contributed by atoms with van der Waals surface area (Å²) < 4.78 is 0. The van der Waals surface area contributed by atoms with Gasteiger partial charge in [-0.2, -0.15) is 0 Å². The molecule has 0 aromatic rings. The third-order valence-electron chi connectivity index (χ3n) is 3.37. The van der Waals surface area contributed by atoms with Crippen LogP contribution in [-0.4, -0.2) is 26.0 Å². The smallest absolute Gasteiger partial charge is 0.220 e. The number of amides is 1. The zero-order valence-corrected chi connectivity index (χ0v) is 11.8. The molecule has 0 aromatic heterocycles. The van der Waals surface area contributed by atoms with Crippen LogP contribution in [0.3, 0.4) is 0 Å². The Bertz CT molecular complexity index is 192.